The summed E-state index contributed by atoms with van der Waals surface area (Å²) in [5.74, 6) is 1.01. The molecule has 0 amide bonds. The lowest BCUT2D eigenvalue weighted by Crippen LogP contribution is -2.44. The fourth-order valence-electron chi connectivity index (χ4n) is 4.64. The minimum absolute atomic E-state index is 0.874. The third-order valence-corrected chi connectivity index (χ3v) is 6.61. The maximum absolute atomic E-state index is 4.68. The topological polar surface area (TPSA) is 73.8 Å². The Hall–Kier alpha value is -3.84. The van der Waals surface area contributed by atoms with Gasteiger partial charge >= 0.3 is 0 Å². The summed E-state index contributed by atoms with van der Waals surface area (Å²) in [6, 6.07) is 10.7. The van der Waals surface area contributed by atoms with E-state index < -0.39 is 0 Å². The molecule has 0 unspecified atom stereocenters. The van der Waals surface area contributed by atoms with E-state index in [4.69, 9.17) is 0 Å². The molecule has 164 valence electrons. The van der Waals surface area contributed by atoms with E-state index in [0.717, 1.165) is 76.2 Å². The van der Waals surface area contributed by atoms with Crippen molar-refractivity contribution >= 4 is 27.8 Å². The van der Waals surface area contributed by atoms with E-state index in [9.17, 15) is 0 Å². The first-order valence-electron chi connectivity index (χ1n) is 11.2. The van der Waals surface area contributed by atoms with Crippen LogP contribution >= 0.6 is 0 Å². The standard InChI is InChI=1S/C26H25N7/c1-17-5-6-27-14-22(17)19-12-20-23(15-29-25(20)28-13-19)18-3-4-24-21(11-18)26(31-16-30-24)33-9-7-32(2)8-10-33/h3-6,11-16H,7-10H2,1-2H3,(H,28,29). The van der Waals surface area contributed by atoms with Crippen molar-refractivity contribution < 1.29 is 0 Å². The summed E-state index contributed by atoms with van der Waals surface area (Å²) < 4.78 is 0. The second-order valence-corrected chi connectivity index (χ2v) is 8.73. The first kappa shape index (κ1) is 19.8. The van der Waals surface area contributed by atoms with Gasteiger partial charge in [0, 0.05) is 78.4 Å². The minimum Gasteiger partial charge on any atom is -0.353 e. The quantitative estimate of drug-likeness (QED) is 0.456. The zero-order valence-corrected chi connectivity index (χ0v) is 18.8. The number of likely N-dealkylation sites (N-methyl/N-ethyl adjacent to an activating group) is 1. The number of nitrogens with one attached hydrogen (secondary N) is 1. The van der Waals surface area contributed by atoms with Crippen molar-refractivity contribution in [2.24, 2.45) is 0 Å². The van der Waals surface area contributed by atoms with Crippen LogP contribution in [-0.2, 0) is 0 Å². The van der Waals surface area contributed by atoms with Crippen molar-refractivity contribution in [2.75, 3.05) is 38.1 Å². The van der Waals surface area contributed by atoms with E-state index in [-0.39, 0.29) is 0 Å². The van der Waals surface area contributed by atoms with Gasteiger partial charge in [-0.3, -0.25) is 4.98 Å². The summed E-state index contributed by atoms with van der Waals surface area (Å²) in [4.78, 5) is 26.2. The van der Waals surface area contributed by atoms with Gasteiger partial charge in [0.1, 0.15) is 17.8 Å². The zero-order chi connectivity index (χ0) is 22.4. The average molecular weight is 436 g/mol. The van der Waals surface area contributed by atoms with Gasteiger partial charge in [0.2, 0.25) is 0 Å². The van der Waals surface area contributed by atoms with Gasteiger partial charge in [-0.1, -0.05) is 6.07 Å². The van der Waals surface area contributed by atoms with Crippen molar-refractivity contribution in [3.63, 3.8) is 0 Å². The first-order valence-corrected chi connectivity index (χ1v) is 11.2. The van der Waals surface area contributed by atoms with Crippen LogP contribution < -0.4 is 4.90 Å². The SMILES string of the molecule is Cc1ccncc1-c1cnc2[nH]cc(-c3ccc4ncnc(N5CCN(C)CC5)c4c3)c2c1. The van der Waals surface area contributed by atoms with Crippen LogP contribution in [0.1, 0.15) is 5.56 Å². The molecule has 5 aromatic rings. The minimum atomic E-state index is 0.874. The van der Waals surface area contributed by atoms with E-state index in [1.54, 1.807) is 6.33 Å². The summed E-state index contributed by atoms with van der Waals surface area (Å²) in [6.45, 7) is 6.11. The molecule has 33 heavy (non-hydrogen) atoms. The third-order valence-electron chi connectivity index (χ3n) is 6.61. The second-order valence-electron chi connectivity index (χ2n) is 8.73. The van der Waals surface area contributed by atoms with E-state index in [1.165, 1.54) is 5.56 Å². The summed E-state index contributed by atoms with van der Waals surface area (Å²) in [6.07, 6.45) is 9.35. The molecule has 1 aromatic carbocycles. The van der Waals surface area contributed by atoms with Crippen molar-refractivity contribution in [1.82, 2.24) is 29.8 Å². The van der Waals surface area contributed by atoms with Crippen molar-refractivity contribution in [3.8, 4) is 22.3 Å². The van der Waals surface area contributed by atoms with Crippen LogP contribution in [0.25, 0.3) is 44.2 Å². The Morgan fingerprint density at radius 2 is 1.70 bits per heavy atom. The number of benzene rings is 1. The molecule has 1 aliphatic rings. The number of nitrogens with zero attached hydrogens (tertiary/aromatic N) is 6. The number of H-pyrrole nitrogens is 1. The van der Waals surface area contributed by atoms with Crippen LogP contribution in [0.2, 0.25) is 0 Å². The number of anilines is 1. The van der Waals surface area contributed by atoms with Crippen molar-refractivity contribution in [3.05, 3.63) is 67.0 Å². The van der Waals surface area contributed by atoms with Crippen LogP contribution in [0.15, 0.2) is 61.4 Å². The predicted octanol–water partition coefficient (Wildman–Crippen LogP) is 4.30. The highest BCUT2D eigenvalue weighted by molar-refractivity contribution is 6.00. The molecule has 7 heteroatoms. The number of hydrogen-bond acceptors (Lipinski definition) is 6. The van der Waals surface area contributed by atoms with Gasteiger partial charge < -0.3 is 14.8 Å². The molecule has 0 radical (unpaired) electrons. The maximum Gasteiger partial charge on any atom is 0.139 e. The largest absolute Gasteiger partial charge is 0.353 e. The van der Waals surface area contributed by atoms with Gasteiger partial charge in [0.25, 0.3) is 0 Å². The Morgan fingerprint density at radius 1 is 0.848 bits per heavy atom. The molecule has 1 saturated heterocycles. The second kappa shape index (κ2) is 7.94. The number of aromatic amines is 1. The summed E-state index contributed by atoms with van der Waals surface area (Å²) in [7, 11) is 2.17. The van der Waals surface area contributed by atoms with Gasteiger partial charge in [-0.25, -0.2) is 15.0 Å². The van der Waals surface area contributed by atoms with E-state index >= 15 is 0 Å². The number of piperazine rings is 1. The lowest BCUT2D eigenvalue weighted by Gasteiger charge is -2.33. The summed E-state index contributed by atoms with van der Waals surface area (Å²) >= 11 is 0. The number of hydrogen-bond donors (Lipinski definition) is 1. The molecule has 4 aromatic heterocycles. The van der Waals surface area contributed by atoms with Gasteiger partial charge in [0.05, 0.1) is 5.52 Å². The predicted molar refractivity (Wildman–Crippen MR) is 132 cm³/mol. The molecule has 1 fully saturated rings. The average Bonchev–Trinajstić information content (AvgIpc) is 3.27. The summed E-state index contributed by atoms with van der Waals surface area (Å²) in [5, 5.41) is 2.18. The van der Waals surface area contributed by atoms with Gasteiger partial charge in [-0.2, -0.15) is 0 Å². The fraction of sp³-hybridized carbons (Fsp3) is 0.231. The molecule has 7 nitrogen and oxygen atoms in total. The molecule has 5 heterocycles. The molecule has 0 aliphatic carbocycles. The number of aryl methyl sites for hydroxylation is 1. The molecule has 0 bridgehead atoms. The Morgan fingerprint density at radius 3 is 2.55 bits per heavy atom. The Kier molecular flexibility index (Phi) is 4.77. The monoisotopic (exact) mass is 435 g/mol. The number of pyridine rings is 2. The van der Waals surface area contributed by atoms with E-state index in [1.807, 2.05) is 30.9 Å². The molecule has 0 spiro atoms. The highest BCUT2D eigenvalue weighted by Crippen LogP contribution is 2.34. The smallest absolute Gasteiger partial charge is 0.139 e. The molecule has 1 N–H and O–H groups in total. The third kappa shape index (κ3) is 3.50. The van der Waals surface area contributed by atoms with Gasteiger partial charge in [-0.05, 0) is 49.4 Å². The van der Waals surface area contributed by atoms with Gasteiger partial charge in [0.15, 0.2) is 0 Å². The normalized spacial score (nSPS) is 14.9. The zero-order valence-electron chi connectivity index (χ0n) is 18.8. The molecule has 1 aliphatic heterocycles. The van der Waals surface area contributed by atoms with Crippen molar-refractivity contribution in [2.45, 2.75) is 6.92 Å². The Balaban J connectivity index is 1.46. The summed E-state index contributed by atoms with van der Waals surface area (Å²) in [5.41, 5.74) is 7.44. The van der Waals surface area contributed by atoms with Crippen LogP contribution in [0.3, 0.4) is 0 Å². The number of aromatic nitrogens is 5. The first-order chi connectivity index (χ1) is 16.2. The van der Waals surface area contributed by atoms with Gasteiger partial charge in [-0.15, -0.1) is 0 Å². The number of fused-ring (bicyclic) bond motifs is 2. The highest BCUT2D eigenvalue weighted by atomic mass is 15.3. The molecular weight excluding hydrogens is 410 g/mol. The number of rotatable bonds is 3. The molecule has 0 atom stereocenters. The molecular formula is C26H25N7. The van der Waals surface area contributed by atoms with Crippen LogP contribution in [0.5, 0.6) is 0 Å². The Bertz CT molecular complexity index is 1460. The molecule has 0 saturated carbocycles. The van der Waals surface area contributed by atoms with Crippen LogP contribution in [0.4, 0.5) is 5.82 Å². The maximum atomic E-state index is 4.68. The fourth-order valence-corrected chi connectivity index (χ4v) is 4.64. The van der Waals surface area contributed by atoms with Crippen LogP contribution in [0, 0.1) is 6.92 Å². The molecule has 6 rings (SSSR count). The van der Waals surface area contributed by atoms with E-state index in [2.05, 4.69) is 73.0 Å². The Labute approximate surface area is 192 Å². The lowest BCUT2D eigenvalue weighted by atomic mass is 10.00. The van der Waals surface area contributed by atoms with E-state index in [0.29, 0.717) is 0 Å². The highest BCUT2D eigenvalue weighted by Gasteiger charge is 2.19. The van der Waals surface area contributed by atoms with Crippen molar-refractivity contribution in [1.29, 1.82) is 0 Å². The lowest BCUT2D eigenvalue weighted by molar-refractivity contribution is 0.312. The van der Waals surface area contributed by atoms with Crippen LogP contribution in [-0.4, -0.2) is 63.0 Å².